The summed E-state index contributed by atoms with van der Waals surface area (Å²) in [6.45, 7) is 5.96. The molecular formula is C18H21F2N. The van der Waals surface area contributed by atoms with Gasteiger partial charge in [0, 0.05) is 11.3 Å². The van der Waals surface area contributed by atoms with Crippen LogP contribution in [0.25, 0.3) is 0 Å². The Morgan fingerprint density at radius 1 is 0.810 bits per heavy atom. The first-order valence-corrected chi connectivity index (χ1v) is 7.07. The molecule has 0 amide bonds. The van der Waals surface area contributed by atoms with Gasteiger partial charge in [0.15, 0.2) is 0 Å². The highest BCUT2D eigenvalue weighted by molar-refractivity contribution is 5.46. The van der Waals surface area contributed by atoms with Crippen LogP contribution in [0, 0.1) is 0 Å². The number of halogens is 2. The summed E-state index contributed by atoms with van der Waals surface area (Å²) in [4.78, 5) is 0. The number of hydrogen-bond donors (Lipinski definition) is 1. The molecule has 112 valence electrons. The molecule has 0 saturated carbocycles. The van der Waals surface area contributed by atoms with Crippen molar-refractivity contribution in [2.24, 2.45) is 0 Å². The zero-order valence-electron chi connectivity index (χ0n) is 12.7. The topological polar surface area (TPSA) is 12.0 Å². The van der Waals surface area contributed by atoms with E-state index in [1.54, 1.807) is 18.2 Å². The molecule has 1 N–H and O–H groups in total. The molecule has 0 aliphatic rings. The second kappa shape index (κ2) is 5.84. The van der Waals surface area contributed by atoms with Crippen LogP contribution in [-0.4, -0.2) is 6.54 Å². The van der Waals surface area contributed by atoms with E-state index in [0.717, 1.165) is 0 Å². The van der Waals surface area contributed by atoms with Crippen LogP contribution in [-0.2, 0) is 11.3 Å². The normalized spacial score (nSPS) is 12.2. The van der Waals surface area contributed by atoms with Gasteiger partial charge in [-0.25, -0.2) is 0 Å². The quantitative estimate of drug-likeness (QED) is 0.817. The fraction of sp³-hybridized carbons (Fsp3) is 0.333. The Hall–Kier alpha value is -1.90. The van der Waals surface area contributed by atoms with Crippen molar-refractivity contribution in [3.63, 3.8) is 0 Å². The van der Waals surface area contributed by atoms with E-state index >= 15 is 0 Å². The molecule has 3 heteroatoms. The molecule has 0 atom stereocenters. The predicted molar refractivity (Wildman–Crippen MR) is 84.0 cm³/mol. The molecule has 0 heterocycles. The van der Waals surface area contributed by atoms with Gasteiger partial charge in [-0.15, -0.1) is 0 Å². The number of rotatable bonds is 4. The third kappa shape index (κ3) is 4.03. The molecular weight excluding hydrogens is 268 g/mol. The van der Waals surface area contributed by atoms with Crippen molar-refractivity contribution >= 4 is 5.69 Å². The van der Waals surface area contributed by atoms with Crippen LogP contribution in [0.4, 0.5) is 14.5 Å². The van der Waals surface area contributed by atoms with Crippen molar-refractivity contribution < 1.29 is 8.78 Å². The number of nitrogens with one attached hydrogen (secondary N) is 1. The third-order valence-corrected chi connectivity index (χ3v) is 3.46. The fourth-order valence-electron chi connectivity index (χ4n) is 2.09. The highest BCUT2D eigenvalue weighted by atomic mass is 19.3. The highest BCUT2D eigenvalue weighted by Gasteiger charge is 2.30. The van der Waals surface area contributed by atoms with Gasteiger partial charge >= 0.3 is 0 Å². The lowest BCUT2D eigenvalue weighted by molar-refractivity contribution is 0.0106. The molecule has 0 spiro atoms. The van der Waals surface area contributed by atoms with Gasteiger partial charge < -0.3 is 5.32 Å². The van der Waals surface area contributed by atoms with Crippen LogP contribution in [0.15, 0.2) is 54.6 Å². The van der Waals surface area contributed by atoms with E-state index in [1.165, 1.54) is 17.7 Å². The van der Waals surface area contributed by atoms with E-state index in [4.69, 9.17) is 0 Å². The third-order valence-electron chi connectivity index (χ3n) is 3.46. The number of alkyl halides is 2. The molecule has 0 bridgehead atoms. The predicted octanol–water partition coefficient (Wildman–Crippen LogP) is 5.19. The molecule has 2 aromatic rings. The van der Waals surface area contributed by atoms with Crippen molar-refractivity contribution in [3.05, 3.63) is 65.7 Å². The molecule has 1 nitrogen and oxygen atoms in total. The minimum atomic E-state index is -2.88. The summed E-state index contributed by atoms with van der Waals surface area (Å²) in [5.74, 6) is -2.88. The van der Waals surface area contributed by atoms with E-state index in [9.17, 15) is 8.78 Å². The van der Waals surface area contributed by atoms with Gasteiger partial charge in [-0.3, -0.25) is 0 Å². The Morgan fingerprint density at radius 3 is 1.90 bits per heavy atom. The zero-order chi connectivity index (χ0) is 15.5. The van der Waals surface area contributed by atoms with Crippen molar-refractivity contribution in [2.75, 3.05) is 11.9 Å². The lowest BCUT2D eigenvalue weighted by Crippen LogP contribution is -2.24. The van der Waals surface area contributed by atoms with Crippen LogP contribution in [0.1, 0.15) is 31.9 Å². The van der Waals surface area contributed by atoms with E-state index in [0.29, 0.717) is 5.69 Å². The number of benzene rings is 2. The summed E-state index contributed by atoms with van der Waals surface area (Å²) in [6.07, 6.45) is 0. The zero-order valence-corrected chi connectivity index (χ0v) is 12.7. The van der Waals surface area contributed by atoms with Crippen LogP contribution in [0.2, 0.25) is 0 Å². The largest absolute Gasteiger partial charge is 0.379 e. The molecule has 0 radical (unpaired) electrons. The minimum Gasteiger partial charge on any atom is -0.379 e. The van der Waals surface area contributed by atoms with Crippen LogP contribution < -0.4 is 5.32 Å². The van der Waals surface area contributed by atoms with Gasteiger partial charge in [-0.05, 0) is 23.1 Å². The van der Waals surface area contributed by atoms with Crippen molar-refractivity contribution in [1.82, 2.24) is 0 Å². The SMILES string of the molecule is CC(C)(C)c1ccc(NCC(F)(F)c2ccccc2)cc1. The standard InChI is InChI=1S/C18H21F2N/c1-17(2,3)14-9-11-16(12-10-14)21-13-18(19,20)15-7-5-4-6-8-15/h4-12,21H,13H2,1-3H3. The maximum Gasteiger partial charge on any atom is 0.290 e. The summed E-state index contributed by atoms with van der Waals surface area (Å²) in [5, 5.41) is 2.81. The Bertz CT molecular complexity index is 568. The van der Waals surface area contributed by atoms with Gasteiger partial charge in [-0.1, -0.05) is 63.2 Å². The molecule has 0 fully saturated rings. The second-order valence-corrected chi connectivity index (χ2v) is 6.25. The van der Waals surface area contributed by atoms with Crippen LogP contribution in [0.5, 0.6) is 0 Å². The molecule has 0 saturated heterocycles. The van der Waals surface area contributed by atoms with E-state index < -0.39 is 12.5 Å². The first-order valence-electron chi connectivity index (χ1n) is 7.07. The summed E-state index contributed by atoms with van der Waals surface area (Å²) in [6, 6.07) is 15.5. The summed E-state index contributed by atoms with van der Waals surface area (Å²) in [5.41, 5.74) is 1.98. The van der Waals surface area contributed by atoms with Gasteiger partial charge in [0.05, 0.1) is 6.54 Å². The summed E-state index contributed by atoms with van der Waals surface area (Å²) >= 11 is 0. The maximum atomic E-state index is 14.0. The monoisotopic (exact) mass is 289 g/mol. The highest BCUT2D eigenvalue weighted by Crippen LogP contribution is 2.29. The number of anilines is 1. The second-order valence-electron chi connectivity index (χ2n) is 6.25. The van der Waals surface area contributed by atoms with Gasteiger partial charge in [0.25, 0.3) is 5.92 Å². The lowest BCUT2D eigenvalue weighted by Gasteiger charge is -2.21. The first-order chi connectivity index (χ1) is 9.79. The van der Waals surface area contributed by atoms with Crippen LogP contribution in [0.3, 0.4) is 0 Å². The molecule has 0 aliphatic carbocycles. The number of hydrogen-bond acceptors (Lipinski definition) is 1. The van der Waals surface area contributed by atoms with Gasteiger partial charge in [-0.2, -0.15) is 8.78 Å². The Kier molecular flexibility index (Phi) is 4.31. The van der Waals surface area contributed by atoms with Crippen molar-refractivity contribution in [3.8, 4) is 0 Å². The van der Waals surface area contributed by atoms with E-state index in [1.807, 2.05) is 24.3 Å². The summed E-state index contributed by atoms with van der Waals surface area (Å²) < 4.78 is 28.1. The average molecular weight is 289 g/mol. The Morgan fingerprint density at radius 2 is 1.38 bits per heavy atom. The van der Waals surface area contributed by atoms with Crippen LogP contribution >= 0.6 is 0 Å². The van der Waals surface area contributed by atoms with Gasteiger partial charge in [0.1, 0.15) is 0 Å². The molecule has 21 heavy (non-hydrogen) atoms. The average Bonchev–Trinajstić information content (AvgIpc) is 2.46. The Balaban J connectivity index is 2.03. The van der Waals surface area contributed by atoms with Crippen molar-refractivity contribution in [1.29, 1.82) is 0 Å². The fourth-order valence-corrected chi connectivity index (χ4v) is 2.09. The first kappa shape index (κ1) is 15.5. The smallest absolute Gasteiger partial charge is 0.290 e. The summed E-state index contributed by atoms with van der Waals surface area (Å²) in [7, 11) is 0. The van der Waals surface area contributed by atoms with Crippen molar-refractivity contribution in [2.45, 2.75) is 32.1 Å². The lowest BCUT2D eigenvalue weighted by atomic mass is 9.87. The molecule has 0 unspecified atom stereocenters. The minimum absolute atomic E-state index is 0.0313. The Labute approximate surface area is 125 Å². The maximum absolute atomic E-state index is 14.0. The molecule has 2 aromatic carbocycles. The molecule has 2 rings (SSSR count). The van der Waals surface area contributed by atoms with Gasteiger partial charge in [0.2, 0.25) is 0 Å². The molecule has 0 aromatic heterocycles. The van der Waals surface area contributed by atoms with E-state index in [2.05, 4.69) is 26.1 Å². The molecule has 0 aliphatic heterocycles. The van der Waals surface area contributed by atoms with E-state index in [-0.39, 0.29) is 11.0 Å².